The lowest BCUT2D eigenvalue weighted by atomic mass is 10.1. The van der Waals surface area contributed by atoms with E-state index in [0.717, 1.165) is 35.4 Å². The third-order valence-corrected chi connectivity index (χ3v) is 5.25. The number of carbonyl (C=O) groups is 1. The van der Waals surface area contributed by atoms with Gasteiger partial charge in [0.15, 0.2) is 0 Å². The van der Waals surface area contributed by atoms with E-state index in [1.54, 1.807) is 18.7 Å². The van der Waals surface area contributed by atoms with E-state index in [0.29, 0.717) is 11.4 Å². The van der Waals surface area contributed by atoms with Gasteiger partial charge >= 0.3 is 0 Å². The second-order valence-electron chi connectivity index (χ2n) is 7.04. The second-order valence-corrected chi connectivity index (χ2v) is 7.48. The van der Waals surface area contributed by atoms with Crippen molar-refractivity contribution in [2.24, 2.45) is 0 Å². The Morgan fingerprint density at radius 3 is 2.57 bits per heavy atom. The number of hydrogen-bond acceptors (Lipinski definition) is 4. The maximum absolute atomic E-state index is 12.6. The minimum absolute atomic E-state index is 0.0335. The smallest absolute Gasteiger partial charge is 0.240 e. The molecule has 1 aromatic carbocycles. The average molecular weight is 397 g/mol. The van der Waals surface area contributed by atoms with Gasteiger partial charge in [0, 0.05) is 34.6 Å². The molecule has 3 aromatic rings. The van der Waals surface area contributed by atoms with Crippen LogP contribution in [-0.2, 0) is 11.3 Å². The molecule has 2 N–H and O–H groups in total. The number of aliphatic hydroxyl groups excluding tert-OH is 1. The fraction of sp³-hybridized carbons (Fsp3) is 0.286. The van der Waals surface area contributed by atoms with Crippen LogP contribution in [0.4, 0.5) is 0 Å². The first kappa shape index (κ1) is 18.7. The summed E-state index contributed by atoms with van der Waals surface area (Å²) in [5.74, 6) is -0.0885. The van der Waals surface area contributed by atoms with E-state index in [2.05, 4.69) is 15.3 Å². The summed E-state index contributed by atoms with van der Waals surface area (Å²) in [6, 6.07) is 11.3. The van der Waals surface area contributed by atoms with Crippen molar-refractivity contribution in [1.29, 1.82) is 0 Å². The lowest BCUT2D eigenvalue weighted by Crippen LogP contribution is -2.35. The maximum Gasteiger partial charge on any atom is 0.240 e. The molecule has 0 radical (unpaired) electrons. The van der Waals surface area contributed by atoms with Crippen LogP contribution in [0.1, 0.15) is 19.3 Å². The van der Waals surface area contributed by atoms with Gasteiger partial charge in [-0.1, -0.05) is 23.7 Å². The fourth-order valence-electron chi connectivity index (χ4n) is 3.65. The largest absolute Gasteiger partial charge is 0.393 e. The van der Waals surface area contributed by atoms with Gasteiger partial charge < -0.3 is 15.0 Å². The molecule has 1 aliphatic rings. The summed E-state index contributed by atoms with van der Waals surface area (Å²) in [4.78, 5) is 21.2. The number of carbonyl (C=O) groups excluding carboxylic acids is 1. The highest BCUT2D eigenvalue weighted by Crippen LogP contribution is 2.31. The number of nitrogens with one attached hydrogen (secondary N) is 1. The van der Waals surface area contributed by atoms with E-state index in [1.165, 1.54) is 0 Å². The molecule has 144 valence electrons. The van der Waals surface area contributed by atoms with E-state index in [-0.39, 0.29) is 24.6 Å². The highest BCUT2D eigenvalue weighted by atomic mass is 35.5. The zero-order valence-corrected chi connectivity index (χ0v) is 16.0. The van der Waals surface area contributed by atoms with Crippen LogP contribution in [0.3, 0.4) is 0 Å². The van der Waals surface area contributed by atoms with Crippen molar-refractivity contribution in [3.8, 4) is 22.5 Å². The average Bonchev–Trinajstić information content (AvgIpc) is 3.29. The fourth-order valence-corrected chi connectivity index (χ4v) is 3.78. The number of nitrogens with zero attached hydrogens (tertiary/aromatic N) is 3. The third kappa shape index (κ3) is 4.08. The topological polar surface area (TPSA) is 80.0 Å². The molecule has 2 unspecified atom stereocenters. The number of benzene rings is 1. The Hall–Kier alpha value is -2.70. The van der Waals surface area contributed by atoms with Crippen molar-refractivity contribution in [3.63, 3.8) is 0 Å². The first-order valence-electron chi connectivity index (χ1n) is 9.29. The Kier molecular flexibility index (Phi) is 5.41. The van der Waals surface area contributed by atoms with Crippen LogP contribution in [-0.4, -0.2) is 37.7 Å². The number of aliphatic hydroxyl groups is 1. The molecule has 1 amide bonds. The van der Waals surface area contributed by atoms with Crippen LogP contribution in [0, 0.1) is 0 Å². The molecular formula is C21H21ClN4O2. The van der Waals surface area contributed by atoms with Gasteiger partial charge in [-0.2, -0.15) is 0 Å². The molecule has 1 fully saturated rings. The Labute approximate surface area is 168 Å². The summed E-state index contributed by atoms with van der Waals surface area (Å²) < 4.78 is 1.85. The molecule has 2 atom stereocenters. The highest BCUT2D eigenvalue weighted by Gasteiger charge is 2.24. The molecular weight excluding hydrogens is 376 g/mol. The Bertz CT molecular complexity index is 956. The first-order valence-corrected chi connectivity index (χ1v) is 9.67. The minimum atomic E-state index is -0.317. The predicted molar refractivity (Wildman–Crippen MR) is 108 cm³/mol. The number of rotatable bonds is 5. The molecule has 6 nitrogen and oxygen atoms in total. The molecule has 0 bridgehead atoms. The summed E-state index contributed by atoms with van der Waals surface area (Å²) in [7, 11) is 0. The van der Waals surface area contributed by atoms with E-state index < -0.39 is 0 Å². The standard InChI is InChI=1S/C21H21ClN4O2/c22-16-3-1-14(2-4-16)20-21(15-7-9-23-10-8-15)26(13-24-20)12-19(28)25-17-5-6-18(27)11-17/h1-4,7-10,13,17-18,27H,5-6,11-12H2,(H,25,28). The number of aromatic nitrogens is 3. The zero-order chi connectivity index (χ0) is 19.5. The molecule has 4 rings (SSSR count). The van der Waals surface area contributed by atoms with Crippen LogP contribution < -0.4 is 5.32 Å². The third-order valence-electron chi connectivity index (χ3n) is 4.99. The van der Waals surface area contributed by atoms with Crippen molar-refractivity contribution in [2.45, 2.75) is 38.0 Å². The molecule has 1 saturated carbocycles. The first-order chi connectivity index (χ1) is 13.6. The molecule has 0 aliphatic heterocycles. The summed E-state index contributed by atoms with van der Waals surface area (Å²) in [5, 5.41) is 13.3. The number of amides is 1. The van der Waals surface area contributed by atoms with Crippen LogP contribution in [0.5, 0.6) is 0 Å². The van der Waals surface area contributed by atoms with Gasteiger partial charge in [0.2, 0.25) is 5.91 Å². The Balaban J connectivity index is 1.63. The molecule has 2 aromatic heterocycles. The molecule has 0 spiro atoms. The lowest BCUT2D eigenvalue weighted by molar-refractivity contribution is -0.122. The van der Waals surface area contributed by atoms with Crippen molar-refractivity contribution in [2.75, 3.05) is 0 Å². The van der Waals surface area contributed by atoms with Crippen LogP contribution in [0.2, 0.25) is 5.02 Å². The van der Waals surface area contributed by atoms with Gasteiger partial charge in [-0.15, -0.1) is 0 Å². The van der Waals surface area contributed by atoms with Crippen molar-refractivity contribution < 1.29 is 9.90 Å². The van der Waals surface area contributed by atoms with Gasteiger partial charge in [0.05, 0.1) is 23.8 Å². The molecule has 0 saturated heterocycles. The Morgan fingerprint density at radius 1 is 1.14 bits per heavy atom. The molecule has 1 aliphatic carbocycles. The highest BCUT2D eigenvalue weighted by molar-refractivity contribution is 6.30. The van der Waals surface area contributed by atoms with E-state index in [9.17, 15) is 9.90 Å². The molecule has 7 heteroatoms. The maximum atomic E-state index is 12.6. The van der Waals surface area contributed by atoms with Crippen molar-refractivity contribution >= 4 is 17.5 Å². The molecule has 28 heavy (non-hydrogen) atoms. The lowest BCUT2D eigenvalue weighted by Gasteiger charge is -2.14. The SMILES string of the molecule is O=C(Cn1cnc(-c2ccc(Cl)cc2)c1-c1ccncc1)NC1CCC(O)C1. The number of hydrogen-bond donors (Lipinski definition) is 2. The summed E-state index contributed by atoms with van der Waals surface area (Å²) in [5.41, 5.74) is 3.49. The quantitative estimate of drug-likeness (QED) is 0.693. The number of pyridine rings is 1. The van der Waals surface area contributed by atoms with Gasteiger partial charge in [0.1, 0.15) is 6.54 Å². The van der Waals surface area contributed by atoms with Gasteiger partial charge in [-0.25, -0.2) is 4.98 Å². The van der Waals surface area contributed by atoms with Crippen molar-refractivity contribution in [3.05, 3.63) is 60.1 Å². The van der Waals surface area contributed by atoms with Crippen molar-refractivity contribution in [1.82, 2.24) is 19.9 Å². The number of halogens is 1. The summed E-state index contributed by atoms with van der Waals surface area (Å²) >= 11 is 6.02. The minimum Gasteiger partial charge on any atom is -0.393 e. The second kappa shape index (κ2) is 8.12. The van der Waals surface area contributed by atoms with E-state index in [4.69, 9.17) is 11.6 Å². The monoisotopic (exact) mass is 396 g/mol. The Morgan fingerprint density at radius 2 is 1.89 bits per heavy atom. The van der Waals surface area contributed by atoms with Crippen LogP contribution >= 0.6 is 11.6 Å². The summed E-state index contributed by atoms with van der Waals surface area (Å²) in [6.45, 7) is 0.158. The summed E-state index contributed by atoms with van der Waals surface area (Å²) in [6.07, 6.45) is 6.97. The van der Waals surface area contributed by atoms with E-state index >= 15 is 0 Å². The zero-order valence-electron chi connectivity index (χ0n) is 15.3. The van der Waals surface area contributed by atoms with E-state index in [1.807, 2.05) is 41.0 Å². The molecule has 2 heterocycles. The van der Waals surface area contributed by atoms with Gasteiger partial charge in [-0.05, 0) is 43.5 Å². The van der Waals surface area contributed by atoms with Gasteiger partial charge in [0.25, 0.3) is 0 Å². The van der Waals surface area contributed by atoms with Crippen LogP contribution in [0.15, 0.2) is 55.1 Å². The predicted octanol–water partition coefficient (Wildman–Crippen LogP) is 3.30. The normalized spacial score (nSPS) is 18.9. The number of imidazole rings is 1. The van der Waals surface area contributed by atoms with Crippen LogP contribution in [0.25, 0.3) is 22.5 Å². The van der Waals surface area contributed by atoms with Gasteiger partial charge in [-0.3, -0.25) is 9.78 Å².